The van der Waals surface area contributed by atoms with Crippen LogP contribution in [0.15, 0.2) is 84.0 Å². The molecule has 2 atom stereocenters. The quantitative estimate of drug-likeness (QED) is 0.526. The average molecular weight is 443 g/mol. The summed E-state index contributed by atoms with van der Waals surface area (Å²) in [5.41, 5.74) is 3.28. The molecule has 0 unspecified atom stereocenters. The first kappa shape index (κ1) is 19.4. The third kappa shape index (κ3) is 2.58. The Labute approximate surface area is 192 Å². The highest BCUT2D eigenvalue weighted by atomic mass is 35.5. The number of para-hydroxylation sites is 3. The number of benzene rings is 3. The molecule has 0 bridgehead atoms. The van der Waals surface area contributed by atoms with Crippen LogP contribution >= 0.6 is 11.6 Å². The number of anilines is 3. The van der Waals surface area contributed by atoms with Crippen molar-refractivity contribution in [2.75, 3.05) is 21.9 Å². The van der Waals surface area contributed by atoms with Gasteiger partial charge in [-0.3, -0.25) is 9.69 Å². The van der Waals surface area contributed by atoms with E-state index in [2.05, 4.69) is 28.1 Å². The Morgan fingerprint density at radius 2 is 1.62 bits per heavy atom. The Morgan fingerprint density at radius 1 is 0.938 bits per heavy atom. The van der Waals surface area contributed by atoms with E-state index in [0.29, 0.717) is 5.02 Å². The van der Waals surface area contributed by atoms with Crippen molar-refractivity contribution >= 4 is 40.4 Å². The van der Waals surface area contributed by atoms with Gasteiger partial charge in [0.15, 0.2) is 11.5 Å². The summed E-state index contributed by atoms with van der Waals surface area (Å²) in [6.45, 7) is 0. The monoisotopic (exact) mass is 442 g/mol. The molecule has 0 saturated heterocycles. The summed E-state index contributed by atoms with van der Waals surface area (Å²) in [6.07, 6.45) is 2.65. The summed E-state index contributed by atoms with van der Waals surface area (Å²) in [4.78, 5) is 17.9. The molecule has 1 spiro atoms. The molecule has 6 rings (SSSR count). The van der Waals surface area contributed by atoms with E-state index in [4.69, 9.17) is 16.7 Å². The predicted molar refractivity (Wildman–Crippen MR) is 129 cm³/mol. The topological polar surface area (TPSA) is 39.2 Å². The summed E-state index contributed by atoms with van der Waals surface area (Å²) in [7, 11) is 1.89. The number of hydrazone groups is 1. The normalized spacial score (nSPS) is 24.1. The van der Waals surface area contributed by atoms with Gasteiger partial charge >= 0.3 is 0 Å². The van der Waals surface area contributed by atoms with Crippen LogP contribution in [0.3, 0.4) is 0 Å². The molecule has 3 aromatic rings. The molecular weight excluding hydrogens is 420 g/mol. The van der Waals surface area contributed by atoms with E-state index >= 15 is 0 Å². The zero-order valence-electron chi connectivity index (χ0n) is 17.8. The molecule has 1 amide bonds. The lowest BCUT2D eigenvalue weighted by atomic mass is 9.91. The highest BCUT2D eigenvalue weighted by Crippen LogP contribution is 2.54. The van der Waals surface area contributed by atoms with Crippen molar-refractivity contribution in [1.29, 1.82) is 0 Å². The standard InChI is InChI=1S/C26H23ClN4O/c1-29-22-11-5-6-12-23(22)30-24(18-13-15-19(27)16-14-18)28-31(20-8-3-2-4-9-20)26(30)17-7-10-21(26)25(29)32/h2-6,8-9,11-16,21H,7,10,17H2,1H3/t21-,26-/m0/s1. The van der Waals surface area contributed by atoms with Crippen molar-refractivity contribution in [2.24, 2.45) is 11.0 Å². The highest BCUT2D eigenvalue weighted by Gasteiger charge is 2.62. The predicted octanol–water partition coefficient (Wildman–Crippen LogP) is 5.50. The molecule has 5 nitrogen and oxygen atoms in total. The SMILES string of the molecule is CN1C(=O)[C@@H]2CCC[C@]23N(c2ccccc2)N=C(c2ccc(Cl)cc2)N3c2ccccc21. The van der Waals surface area contributed by atoms with E-state index in [9.17, 15) is 4.79 Å². The zero-order chi connectivity index (χ0) is 21.9. The number of hydrogen-bond donors (Lipinski definition) is 0. The van der Waals surface area contributed by atoms with E-state index in [0.717, 1.165) is 47.7 Å². The van der Waals surface area contributed by atoms with Crippen molar-refractivity contribution in [1.82, 2.24) is 0 Å². The number of carbonyl (C=O) groups is 1. The van der Waals surface area contributed by atoms with E-state index in [1.807, 2.05) is 72.6 Å². The fraction of sp³-hybridized carbons (Fsp3) is 0.231. The second-order valence-corrected chi connectivity index (χ2v) is 9.06. The number of carbonyl (C=O) groups excluding carboxylic acids is 1. The number of halogens is 1. The van der Waals surface area contributed by atoms with E-state index in [1.54, 1.807) is 0 Å². The van der Waals surface area contributed by atoms with Crippen LogP contribution in [0.2, 0.25) is 5.02 Å². The van der Waals surface area contributed by atoms with Crippen LogP contribution in [0.5, 0.6) is 0 Å². The number of amidine groups is 1. The van der Waals surface area contributed by atoms with Gasteiger partial charge in [-0.15, -0.1) is 0 Å². The third-order valence-corrected chi connectivity index (χ3v) is 7.22. The summed E-state index contributed by atoms with van der Waals surface area (Å²) in [5.74, 6) is 0.785. The van der Waals surface area contributed by atoms with Gasteiger partial charge in [-0.1, -0.05) is 41.9 Å². The Balaban J connectivity index is 1.66. The Morgan fingerprint density at radius 3 is 2.38 bits per heavy atom. The molecule has 2 heterocycles. The minimum atomic E-state index is -0.589. The lowest BCUT2D eigenvalue weighted by Crippen LogP contribution is -2.60. The van der Waals surface area contributed by atoms with Gasteiger partial charge in [0.2, 0.25) is 5.91 Å². The van der Waals surface area contributed by atoms with Crippen LogP contribution < -0.4 is 14.8 Å². The smallest absolute Gasteiger partial charge is 0.234 e. The summed E-state index contributed by atoms with van der Waals surface area (Å²) >= 11 is 6.20. The second-order valence-electron chi connectivity index (χ2n) is 8.62. The molecule has 32 heavy (non-hydrogen) atoms. The van der Waals surface area contributed by atoms with Crippen molar-refractivity contribution in [3.8, 4) is 0 Å². The van der Waals surface area contributed by atoms with Gasteiger partial charge in [-0.2, -0.15) is 5.10 Å². The van der Waals surface area contributed by atoms with Gasteiger partial charge in [-0.25, -0.2) is 5.01 Å². The minimum absolute atomic E-state index is 0.144. The molecular formula is C26H23ClN4O. The fourth-order valence-electron chi connectivity index (χ4n) is 5.57. The Bertz CT molecular complexity index is 1230. The number of fused-ring (bicyclic) bond motifs is 2. The average Bonchev–Trinajstić information content (AvgIpc) is 3.40. The maximum atomic E-state index is 13.8. The Hall–Kier alpha value is -3.31. The van der Waals surface area contributed by atoms with Crippen LogP contribution in [0, 0.1) is 5.92 Å². The molecule has 0 radical (unpaired) electrons. The van der Waals surface area contributed by atoms with Crippen LogP contribution in [0.4, 0.5) is 17.1 Å². The molecule has 0 aromatic heterocycles. The number of amides is 1. The van der Waals surface area contributed by atoms with Crippen LogP contribution in [0.25, 0.3) is 0 Å². The largest absolute Gasteiger partial charge is 0.313 e. The van der Waals surface area contributed by atoms with Crippen molar-refractivity contribution in [3.63, 3.8) is 0 Å². The number of nitrogens with zero attached hydrogens (tertiary/aromatic N) is 4. The lowest BCUT2D eigenvalue weighted by Gasteiger charge is -2.44. The van der Waals surface area contributed by atoms with E-state index in [-0.39, 0.29) is 11.8 Å². The molecule has 1 saturated carbocycles. The van der Waals surface area contributed by atoms with Gasteiger partial charge in [0.1, 0.15) is 0 Å². The van der Waals surface area contributed by atoms with Gasteiger partial charge in [-0.05, 0) is 67.8 Å². The Kier molecular flexibility index (Phi) is 4.30. The first-order chi connectivity index (χ1) is 15.6. The maximum absolute atomic E-state index is 13.8. The molecule has 0 N–H and O–H groups in total. The number of hydrogen-bond acceptors (Lipinski definition) is 4. The van der Waals surface area contributed by atoms with Gasteiger partial charge in [0.25, 0.3) is 0 Å². The van der Waals surface area contributed by atoms with Crippen molar-refractivity contribution in [2.45, 2.75) is 24.9 Å². The molecule has 1 fully saturated rings. The minimum Gasteiger partial charge on any atom is -0.313 e. The molecule has 6 heteroatoms. The van der Waals surface area contributed by atoms with E-state index < -0.39 is 5.66 Å². The summed E-state index contributed by atoms with van der Waals surface area (Å²) < 4.78 is 0. The number of rotatable bonds is 2. The van der Waals surface area contributed by atoms with Crippen LogP contribution in [0.1, 0.15) is 24.8 Å². The summed E-state index contributed by atoms with van der Waals surface area (Å²) in [6, 6.07) is 26.1. The molecule has 1 aliphatic carbocycles. The van der Waals surface area contributed by atoms with Gasteiger partial charge in [0.05, 0.1) is 23.0 Å². The van der Waals surface area contributed by atoms with Gasteiger partial charge in [0, 0.05) is 17.6 Å². The fourth-order valence-corrected chi connectivity index (χ4v) is 5.69. The van der Waals surface area contributed by atoms with Crippen molar-refractivity contribution < 1.29 is 4.79 Å². The molecule has 2 aliphatic heterocycles. The summed E-state index contributed by atoms with van der Waals surface area (Å²) in [5, 5.41) is 7.98. The first-order valence-corrected chi connectivity index (χ1v) is 11.4. The highest BCUT2D eigenvalue weighted by molar-refractivity contribution is 6.30. The lowest BCUT2D eigenvalue weighted by molar-refractivity contribution is -0.123. The maximum Gasteiger partial charge on any atom is 0.234 e. The van der Waals surface area contributed by atoms with Crippen molar-refractivity contribution in [3.05, 3.63) is 89.4 Å². The second kappa shape index (κ2) is 7.10. The zero-order valence-corrected chi connectivity index (χ0v) is 18.5. The van der Waals surface area contributed by atoms with Crippen LogP contribution in [-0.2, 0) is 4.79 Å². The van der Waals surface area contributed by atoms with Gasteiger partial charge < -0.3 is 4.90 Å². The molecule has 3 aliphatic rings. The first-order valence-electron chi connectivity index (χ1n) is 11.0. The van der Waals surface area contributed by atoms with Crippen LogP contribution in [-0.4, -0.2) is 24.5 Å². The molecule has 3 aromatic carbocycles. The van der Waals surface area contributed by atoms with E-state index in [1.165, 1.54) is 0 Å². The third-order valence-electron chi connectivity index (χ3n) is 6.97. The molecule has 160 valence electrons.